The van der Waals surface area contributed by atoms with Crippen LogP contribution in [-0.4, -0.2) is 5.78 Å². The smallest absolute Gasteiger partial charge is 0.159 e. The number of hydrogen-bond donors (Lipinski definition) is 2. The third-order valence-electron chi connectivity index (χ3n) is 3.08. The molecule has 0 bridgehead atoms. The maximum atomic E-state index is 11.6. The maximum absolute atomic E-state index is 11.6. The van der Waals surface area contributed by atoms with Crippen molar-refractivity contribution in [1.29, 1.82) is 0 Å². The Bertz CT molecular complexity index is 543. The molecule has 3 heteroatoms. The second kappa shape index (κ2) is 7.58. The van der Waals surface area contributed by atoms with Crippen molar-refractivity contribution in [2.45, 2.75) is 26.9 Å². The van der Waals surface area contributed by atoms with E-state index in [1.807, 2.05) is 37.3 Å². The van der Waals surface area contributed by atoms with Crippen LogP contribution in [0.5, 0.6) is 0 Å². The van der Waals surface area contributed by atoms with Gasteiger partial charge >= 0.3 is 0 Å². The lowest BCUT2D eigenvalue weighted by molar-refractivity contribution is 0.101. The van der Waals surface area contributed by atoms with Gasteiger partial charge in [0.05, 0.1) is 0 Å². The first-order chi connectivity index (χ1) is 9.58. The first kappa shape index (κ1) is 16.1. The third kappa shape index (κ3) is 3.53. The van der Waals surface area contributed by atoms with Crippen molar-refractivity contribution in [1.82, 2.24) is 0 Å². The summed E-state index contributed by atoms with van der Waals surface area (Å²) in [5.74, 6) is 0.0150. The summed E-state index contributed by atoms with van der Waals surface area (Å²) in [7, 11) is 0. The molecule has 0 spiro atoms. The molecule has 0 aliphatic carbocycles. The fourth-order valence-electron chi connectivity index (χ4n) is 2.19. The Hall–Kier alpha value is -1.97. The molecule has 3 nitrogen and oxygen atoms in total. The van der Waals surface area contributed by atoms with Crippen LogP contribution in [0.15, 0.2) is 43.0 Å². The van der Waals surface area contributed by atoms with E-state index >= 15 is 0 Å². The number of allylic oxidation sites excluding steroid dienone is 5. The standard InChI is InChI=1S/C17H22N2O/c1-4-6-13(7-5-2)17-15(10-18)8-14(12(3)20)9-16(17)11-19/h4-9H,1,10-11,18-19H2,2-3H3/b7-5-,13-6+. The van der Waals surface area contributed by atoms with E-state index in [2.05, 4.69) is 6.58 Å². The first-order valence-corrected chi connectivity index (χ1v) is 6.61. The van der Waals surface area contributed by atoms with Crippen LogP contribution in [0, 0.1) is 0 Å². The Morgan fingerprint density at radius 3 is 2.15 bits per heavy atom. The zero-order valence-electron chi connectivity index (χ0n) is 12.1. The fourth-order valence-corrected chi connectivity index (χ4v) is 2.19. The molecule has 0 aliphatic heterocycles. The summed E-state index contributed by atoms with van der Waals surface area (Å²) in [6.45, 7) is 7.94. The summed E-state index contributed by atoms with van der Waals surface area (Å²) in [5, 5.41) is 0. The van der Waals surface area contributed by atoms with Crippen molar-refractivity contribution in [2.24, 2.45) is 11.5 Å². The molecule has 0 fully saturated rings. The van der Waals surface area contributed by atoms with Crippen LogP contribution in [0.1, 0.15) is 40.9 Å². The fraction of sp³-hybridized carbons (Fsp3) is 0.235. The first-order valence-electron chi connectivity index (χ1n) is 6.61. The van der Waals surface area contributed by atoms with Crippen molar-refractivity contribution in [3.05, 3.63) is 65.3 Å². The van der Waals surface area contributed by atoms with Crippen LogP contribution >= 0.6 is 0 Å². The normalized spacial score (nSPS) is 11.9. The average Bonchev–Trinajstić information content (AvgIpc) is 2.45. The molecule has 0 aliphatic rings. The van der Waals surface area contributed by atoms with Crippen molar-refractivity contribution in [3.8, 4) is 0 Å². The number of hydrogen-bond acceptors (Lipinski definition) is 3. The Labute approximate surface area is 120 Å². The van der Waals surface area contributed by atoms with Gasteiger partial charge in [0.2, 0.25) is 0 Å². The Morgan fingerprint density at radius 1 is 1.25 bits per heavy atom. The van der Waals surface area contributed by atoms with E-state index in [0.717, 1.165) is 22.3 Å². The molecule has 1 aromatic rings. The Morgan fingerprint density at radius 2 is 1.80 bits per heavy atom. The maximum Gasteiger partial charge on any atom is 0.159 e. The number of carbonyl (C=O) groups is 1. The van der Waals surface area contributed by atoms with Gasteiger partial charge in [0.15, 0.2) is 5.78 Å². The highest BCUT2D eigenvalue weighted by molar-refractivity contribution is 5.95. The molecular weight excluding hydrogens is 248 g/mol. The van der Waals surface area contributed by atoms with Gasteiger partial charge in [-0.05, 0) is 48.2 Å². The predicted octanol–water partition coefficient (Wildman–Crippen LogP) is 2.95. The molecule has 106 valence electrons. The molecule has 1 aromatic carbocycles. The molecule has 20 heavy (non-hydrogen) atoms. The minimum Gasteiger partial charge on any atom is -0.326 e. The highest BCUT2D eigenvalue weighted by Crippen LogP contribution is 2.27. The summed E-state index contributed by atoms with van der Waals surface area (Å²) < 4.78 is 0. The molecular formula is C17H22N2O. The molecule has 1 rings (SSSR count). The zero-order chi connectivity index (χ0) is 15.1. The molecule has 4 N–H and O–H groups in total. The number of carbonyl (C=O) groups excluding carboxylic acids is 1. The van der Waals surface area contributed by atoms with Gasteiger partial charge in [0, 0.05) is 18.7 Å². The van der Waals surface area contributed by atoms with Gasteiger partial charge in [-0.1, -0.05) is 30.9 Å². The highest BCUT2D eigenvalue weighted by Gasteiger charge is 2.13. The summed E-state index contributed by atoms with van der Waals surface area (Å²) in [6, 6.07) is 3.69. The summed E-state index contributed by atoms with van der Waals surface area (Å²) >= 11 is 0. The highest BCUT2D eigenvalue weighted by atomic mass is 16.1. The minimum atomic E-state index is 0.0150. The molecule has 0 amide bonds. The van der Waals surface area contributed by atoms with E-state index in [1.165, 1.54) is 0 Å². The van der Waals surface area contributed by atoms with Gasteiger partial charge in [-0.2, -0.15) is 0 Å². The van der Waals surface area contributed by atoms with Crippen LogP contribution in [-0.2, 0) is 13.1 Å². The van der Waals surface area contributed by atoms with Gasteiger partial charge < -0.3 is 11.5 Å². The average molecular weight is 270 g/mol. The van der Waals surface area contributed by atoms with Gasteiger partial charge in [0.25, 0.3) is 0 Å². The lowest BCUT2D eigenvalue weighted by Gasteiger charge is -2.16. The Balaban J connectivity index is 3.62. The zero-order valence-corrected chi connectivity index (χ0v) is 12.1. The van der Waals surface area contributed by atoms with Gasteiger partial charge in [-0.3, -0.25) is 4.79 Å². The lowest BCUT2D eigenvalue weighted by Crippen LogP contribution is -2.10. The second-order valence-electron chi connectivity index (χ2n) is 4.49. The molecule has 0 saturated heterocycles. The number of benzene rings is 1. The number of rotatable bonds is 6. The summed E-state index contributed by atoms with van der Waals surface area (Å²) in [6.07, 6.45) is 7.59. The van der Waals surface area contributed by atoms with E-state index in [9.17, 15) is 4.79 Å². The monoisotopic (exact) mass is 270 g/mol. The van der Waals surface area contributed by atoms with Gasteiger partial charge in [-0.15, -0.1) is 0 Å². The van der Waals surface area contributed by atoms with E-state index < -0.39 is 0 Å². The van der Waals surface area contributed by atoms with E-state index in [1.54, 1.807) is 13.0 Å². The molecule has 0 saturated carbocycles. The van der Waals surface area contributed by atoms with Crippen LogP contribution < -0.4 is 11.5 Å². The number of Topliss-reactive ketones (excluding diaryl/α,β-unsaturated/α-hetero) is 1. The minimum absolute atomic E-state index is 0.0150. The van der Waals surface area contributed by atoms with Crippen LogP contribution in [0.25, 0.3) is 5.57 Å². The third-order valence-corrected chi connectivity index (χ3v) is 3.08. The predicted molar refractivity (Wildman–Crippen MR) is 85.2 cm³/mol. The topological polar surface area (TPSA) is 69.1 Å². The van der Waals surface area contributed by atoms with E-state index in [4.69, 9.17) is 11.5 Å². The van der Waals surface area contributed by atoms with E-state index in [0.29, 0.717) is 18.7 Å². The van der Waals surface area contributed by atoms with Crippen molar-refractivity contribution >= 4 is 11.4 Å². The van der Waals surface area contributed by atoms with Gasteiger partial charge in [0.1, 0.15) is 0 Å². The molecule has 0 unspecified atom stereocenters. The summed E-state index contributed by atoms with van der Waals surface area (Å²) in [4.78, 5) is 11.6. The largest absolute Gasteiger partial charge is 0.326 e. The number of nitrogens with two attached hydrogens (primary N) is 2. The van der Waals surface area contributed by atoms with Crippen molar-refractivity contribution in [3.63, 3.8) is 0 Å². The Kier molecular flexibility index (Phi) is 6.10. The SMILES string of the molecule is C=C/C=C(\C=C/C)c1c(CN)cc(C(C)=O)cc1CN. The molecule has 0 radical (unpaired) electrons. The molecule has 0 heterocycles. The number of ketones is 1. The van der Waals surface area contributed by atoms with Crippen LogP contribution in [0.4, 0.5) is 0 Å². The van der Waals surface area contributed by atoms with E-state index in [-0.39, 0.29) is 5.78 Å². The van der Waals surface area contributed by atoms with Crippen molar-refractivity contribution in [2.75, 3.05) is 0 Å². The van der Waals surface area contributed by atoms with Crippen LogP contribution in [0.3, 0.4) is 0 Å². The molecule has 0 aromatic heterocycles. The van der Waals surface area contributed by atoms with Crippen LogP contribution in [0.2, 0.25) is 0 Å². The summed E-state index contributed by atoms with van der Waals surface area (Å²) in [5.41, 5.74) is 16.2. The lowest BCUT2D eigenvalue weighted by atomic mass is 9.90. The van der Waals surface area contributed by atoms with Gasteiger partial charge in [-0.25, -0.2) is 0 Å². The van der Waals surface area contributed by atoms with Crippen molar-refractivity contribution < 1.29 is 4.79 Å². The second-order valence-corrected chi connectivity index (χ2v) is 4.49. The quantitative estimate of drug-likeness (QED) is 0.617. The molecule has 0 atom stereocenters.